The lowest BCUT2D eigenvalue weighted by Crippen LogP contribution is -1.97. The molecule has 3 heteroatoms. The van der Waals surface area contributed by atoms with Gasteiger partial charge in [-0.1, -0.05) is 24.3 Å². The Morgan fingerprint density at radius 3 is 1.53 bits per heavy atom. The van der Waals surface area contributed by atoms with Gasteiger partial charge in [0, 0.05) is 12.4 Å². The smallest absolute Gasteiger partial charge is 0.178 e. The Morgan fingerprint density at radius 2 is 1.12 bits per heavy atom. The highest BCUT2D eigenvalue weighted by Crippen LogP contribution is 2.10. The summed E-state index contributed by atoms with van der Waals surface area (Å²) in [5.41, 5.74) is 0. The van der Waals surface area contributed by atoms with E-state index >= 15 is 0 Å². The molecule has 0 spiro atoms. The summed E-state index contributed by atoms with van der Waals surface area (Å²) >= 11 is 0. The summed E-state index contributed by atoms with van der Waals surface area (Å²) in [7, 11) is 0. The van der Waals surface area contributed by atoms with Crippen molar-refractivity contribution in [1.29, 1.82) is 0 Å². The number of nitrogens with one attached hydrogen (secondary N) is 1. The third-order valence-electron chi connectivity index (χ3n) is 2.30. The molecule has 1 heterocycles. The van der Waals surface area contributed by atoms with Crippen molar-refractivity contribution in [3.05, 3.63) is 61.0 Å². The molecule has 0 bridgehead atoms. The number of H-pyrrole nitrogens is 1. The van der Waals surface area contributed by atoms with Crippen molar-refractivity contribution in [3.8, 4) is 0 Å². The number of carbonyl (C=O) groups is 2. The Bertz CT molecular complexity index is 537. The van der Waals surface area contributed by atoms with Gasteiger partial charge >= 0.3 is 0 Å². The van der Waals surface area contributed by atoms with Crippen LogP contribution in [-0.4, -0.2) is 16.6 Å². The van der Waals surface area contributed by atoms with Crippen molar-refractivity contribution in [3.63, 3.8) is 0 Å². The van der Waals surface area contributed by atoms with Crippen molar-refractivity contribution in [1.82, 2.24) is 4.98 Å². The molecule has 3 nitrogen and oxygen atoms in total. The first-order chi connectivity index (χ1) is 8.25. The van der Waals surface area contributed by atoms with E-state index in [-0.39, 0.29) is 11.6 Å². The van der Waals surface area contributed by atoms with Gasteiger partial charge in [-0.15, -0.1) is 0 Å². The fourth-order valence-corrected chi connectivity index (χ4v) is 1.43. The van der Waals surface area contributed by atoms with Crippen molar-refractivity contribution in [2.24, 2.45) is 0 Å². The highest BCUT2D eigenvalue weighted by atomic mass is 16.1. The normalized spacial score (nSPS) is 13.6. The maximum Gasteiger partial charge on any atom is 0.178 e. The van der Waals surface area contributed by atoms with Crippen molar-refractivity contribution < 1.29 is 9.59 Å². The van der Waals surface area contributed by atoms with Gasteiger partial charge in [0.05, 0.1) is 0 Å². The van der Waals surface area contributed by atoms with Gasteiger partial charge in [0.1, 0.15) is 0 Å². The van der Waals surface area contributed by atoms with Crippen molar-refractivity contribution in [2.45, 2.75) is 0 Å². The van der Waals surface area contributed by atoms with E-state index in [1.54, 1.807) is 0 Å². The van der Waals surface area contributed by atoms with Crippen molar-refractivity contribution in [2.75, 3.05) is 0 Å². The summed E-state index contributed by atoms with van der Waals surface area (Å²) in [6, 6.07) is 8.25. The van der Waals surface area contributed by atoms with Gasteiger partial charge in [-0.3, -0.25) is 9.59 Å². The third-order valence-corrected chi connectivity index (χ3v) is 2.30. The minimum atomic E-state index is -0.121. The molecule has 0 atom stereocenters. The summed E-state index contributed by atoms with van der Waals surface area (Å²) in [4.78, 5) is 23.6. The lowest BCUT2D eigenvalue weighted by molar-refractivity contribution is -0.113. The standard InChI is InChI=1S/C8H7N.C6H4O2/c1-2-4-8-6-9-5-7(8)3-1;7-5-1-2-6(8)4-3-5/h1-6,9H;1-4H. The SMILES string of the molecule is O=C1C=CC(=O)C=C1.c1ccc2c[nH]cc2c1. The van der Waals surface area contributed by atoms with Crippen LogP contribution in [-0.2, 0) is 9.59 Å². The van der Waals surface area contributed by atoms with Gasteiger partial charge < -0.3 is 4.98 Å². The molecule has 1 N–H and O–H groups in total. The number of carbonyl (C=O) groups excluding carboxylic acids is 2. The first-order valence-electron chi connectivity index (χ1n) is 5.21. The summed E-state index contributed by atoms with van der Waals surface area (Å²) in [5, 5.41) is 2.55. The van der Waals surface area contributed by atoms with Crippen molar-refractivity contribution >= 4 is 22.3 Å². The number of hydrogen-bond acceptors (Lipinski definition) is 2. The first kappa shape index (κ1) is 11.1. The largest absolute Gasteiger partial charge is 0.366 e. The summed E-state index contributed by atoms with van der Waals surface area (Å²) in [6.07, 6.45) is 9.00. The average Bonchev–Trinajstić information content (AvgIpc) is 2.82. The summed E-state index contributed by atoms with van der Waals surface area (Å²) in [6.45, 7) is 0. The predicted octanol–water partition coefficient (Wildman–Crippen LogP) is 2.42. The Labute approximate surface area is 98.5 Å². The molecule has 0 aliphatic heterocycles. The maximum atomic E-state index is 10.3. The highest BCUT2D eigenvalue weighted by molar-refractivity contribution is 6.14. The van der Waals surface area contributed by atoms with Gasteiger partial charge in [0.15, 0.2) is 11.6 Å². The zero-order valence-electron chi connectivity index (χ0n) is 9.09. The third kappa shape index (κ3) is 3.01. The van der Waals surface area contributed by atoms with Crippen LogP contribution in [0.15, 0.2) is 61.0 Å². The van der Waals surface area contributed by atoms with Crippen LogP contribution in [0.3, 0.4) is 0 Å². The first-order valence-corrected chi connectivity index (χ1v) is 5.21. The Hall–Kier alpha value is -2.42. The lowest BCUT2D eigenvalue weighted by atomic mass is 10.2. The van der Waals surface area contributed by atoms with Crippen LogP contribution in [0.4, 0.5) is 0 Å². The fraction of sp³-hybridized carbons (Fsp3) is 0. The molecule has 2 aromatic rings. The average molecular weight is 225 g/mol. The zero-order chi connectivity index (χ0) is 12.1. The molecule has 1 aliphatic carbocycles. The van der Waals surface area contributed by atoms with E-state index in [1.165, 1.54) is 35.1 Å². The Kier molecular flexibility index (Phi) is 3.31. The maximum absolute atomic E-state index is 10.3. The zero-order valence-corrected chi connectivity index (χ0v) is 9.09. The molecule has 84 valence electrons. The number of rotatable bonds is 0. The molecule has 0 saturated heterocycles. The van der Waals surface area contributed by atoms with E-state index in [9.17, 15) is 9.59 Å². The van der Waals surface area contributed by atoms with Crippen LogP contribution in [0.1, 0.15) is 0 Å². The van der Waals surface area contributed by atoms with Gasteiger partial charge in [-0.25, -0.2) is 0 Å². The van der Waals surface area contributed by atoms with Gasteiger partial charge in [-0.2, -0.15) is 0 Å². The van der Waals surface area contributed by atoms with E-state index in [4.69, 9.17) is 0 Å². The van der Waals surface area contributed by atoms with Gasteiger partial charge in [-0.05, 0) is 35.1 Å². The molecule has 3 rings (SSSR count). The Balaban J connectivity index is 0.000000128. The van der Waals surface area contributed by atoms with E-state index in [1.807, 2.05) is 24.5 Å². The number of ketones is 2. The molecule has 0 radical (unpaired) electrons. The second-order valence-electron chi connectivity index (χ2n) is 3.56. The van der Waals surface area contributed by atoms with Gasteiger partial charge in [0.25, 0.3) is 0 Å². The van der Waals surface area contributed by atoms with Crippen LogP contribution in [0.5, 0.6) is 0 Å². The van der Waals surface area contributed by atoms with E-state index < -0.39 is 0 Å². The predicted molar refractivity (Wildman–Crippen MR) is 66.6 cm³/mol. The topological polar surface area (TPSA) is 49.9 Å². The lowest BCUT2D eigenvalue weighted by Gasteiger charge is -1.87. The fourth-order valence-electron chi connectivity index (χ4n) is 1.43. The monoisotopic (exact) mass is 225 g/mol. The number of aromatic amines is 1. The molecule has 0 amide bonds. The van der Waals surface area contributed by atoms with Crippen LogP contribution in [0, 0.1) is 0 Å². The Morgan fingerprint density at radius 1 is 0.706 bits per heavy atom. The molecular formula is C14H11NO2. The summed E-state index contributed by atoms with van der Waals surface area (Å²) < 4.78 is 0. The molecular weight excluding hydrogens is 214 g/mol. The van der Waals surface area contributed by atoms with E-state index in [0.29, 0.717) is 0 Å². The van der Waals surface area contributed by atoms with Crippen LogP contribution in [0.25, 0.3) is 10.8 Å². The second-order valence-corrected chi connectivity index (χ2v) is 3.56. The molecule has 17 heavy (non-hydrogen) atoms. The summed E-state index contributed by atoms with van der Waals surface area (Å²) in [5.74, 6) is -0.241. The van der Waals surface area contributed by atoms with E-state index in [0.717, 1.165) is 0 Å². The van der Waals surface area contributed by atoms with Crippen LogP contribution in [0.2, 0.25) is 0 Å². The van der Waals surface area contributed by atoms with Crippen LogP contribution < -0.4 is 0 Å². The molecule has 1 aliphatic rings. The highest BCUT2D eigenvalue weighted by Gasteiger charge is 1.97. The number of allylic oxidation sites excluding steroid dienone is 4. The van der Waals surface area contributed by atoms with E-state index in [2.05, 4.69) is 17.1 Å². The molecule has 1 aromatic heterocycles. The number of fused-ring (bicyclic) bond motifs is 1. The minimum absolute atomic E-state index is 0.121. The number of hydrogen-bond donors (Lipinski definition) is 1. The minimum Gasteiger partial charge on any atom is -0.366 e. The molecule has 1 aromatic carbocycles. The van der Waals surface area contributed by atoms with Gasteiger partial charge in [0.2, 0.25) is 0 Å². The quantitative estimate of drug-likeness (QED) is 0.700. The molecule has 0 unspecified atom stereocenters. The number of benzene rings is 1. The number of aromatic nitrogens is 1. The van der Waals surface area contributed by atoms with Crippen LogP contribution >= 0.6 is 0 Å². The molecule has 0 fully saturated rings. The molecule has 0 saturated carbocycles. The second kappa shape index (κ2) is 5.07.